The van der Waals surface area contributed by atoms with Gasteiger partial charge in [0.25, 0.3) is 0 Å². The van der Waals surface area contributed by atoms with Crippen molar-refractivity contribution >= 4 is 11.6 Å². The fourth-order valence-corrected chi connectivity index (χ4v) is 1.58. The fourth-order valence-electron chi connectivity index (χ4n) is 1.58. The summed E-state index contributed by atoms with van der Waals surface area (Å²) in [6, 6.07) is 4.66. The van der Waals surface area contributed by atoms with E-state index < -0.39 is 0 Å². The highest BCUT2D eigenvalue weighted by Crippen LogP contribution is 2.20. The summed E-state index contributed by atoms with van der Waals surface area (Å²) in [5.41, 5.74) is 2.66. The Morgan fingerprint density at radius 2 is 2.06 bits per heavy atom. The predicted molar refractivity (Wildman–Crippen MR) is 62.4 cm³/mol. The van der Waals surface area contributed by atoms with Crippen LogP contribution in [-0.4, -0.2) is 9.55 Å². The van der Waals surface area contributed by atoms with E-state index in [2.05, 4.69) is 10.3 Å². The highest BCUT2D eigenvalue weighted by molar-refractivity contribution is 5.58. The number of aryl methyl sites for hydroxylation is 3. The zero-order valence-electron chi connectivity index (χ0n) is 9.58. The lowest BCUT2D eigenvalue weighted by Gasteiger charge is -2.08. The molecule has 0 atom stereocenters. The number of benzene rings is 1. The monoisotopic (exact) mass is 219 g/mol. The van der Waals surface area contributed by atoms with Crippen LogP contribution in [0.15, 0.2) is 24.4 Å². The second-order valence-electron chi connectivity index (χ2n) is 3.90. The molecule has 1 aromatic carbocycles. The molecular formula is C12H14FN3. The summed E-state index contributed by atoms with van der Waals surface area (Å²) in [7, 11) is 1.90. The molecule has 0 aliphatic heterocycles. The summed E-state index contributed by atoms with van der Waals surface area (Å²) in [5.74, 6) is 0.463. The predicted octanol–water partition coefficient (Wildman–Crippen LogP) is 2.92. The minimum atomic E-state index is -0.251. The third-order valence-electron chi connectivity index (χ3n) is 2.44. The third kappa shape index (κ3) is 2.05. The molecule has 0 saturated heterocycles. The highest BCUT2D eigenvalue weighted by Gasteiger charge is 2.05. The lowest BCUT2D eigenvalue weighted by molar-refractivity contribution is 0.628. The fraction of sp³-hybridized carbons (Fsp3) is 0.250. The van der Waals surface area contributed by atoms with Crippen molar-refractivity contribution in [3.63, 3.8) is 0 Å². The van der Waals surface area contributed by atoms with Gasteiger partial charge < -0.3 is 9.88 Å². The van der Waals surface area contributed by atoms with Gasteiger partial charge in [0.05, 0.1) is 5.69 Å². The number of rotatable bonds is 2. The molecule has 1 N–H and O–H groups in total. The average Bonchev–Trinajstić information content (AvgIpc) is 2.51. The number of hydrogen-bond acceptors (Lipinski definition) is 2. The zero-order valence-corrected chi connectivity index (χ0v) is 9.58. The number of nitrogens with one attached hydrogen (secondary N) is 1. The van der Waals surface area contributed by atoms with E-state index in [1.165, 1.54) is 12.1 Å². The van der Waals surface area contributed by atoms with Gasteiger partial charge in [0.1, 0.15) is 5.82 Å². The lowest BCUT2D eigenvalue weighted by atomic mass is 10.2. The first-order valence-electron chi connectivity index (χ1n) is 5.09. The molecule has 0 unspecified atom stereocenters. The zero-order chi connectivity index (χ0) is 11.7. The Balaban J connectivity index is 2.33. The van der Waals surface area contributed by atoms with Crippen LogP contribution in [0.4, 0.5) is 16.0 Å². The van der Waals surface area contributed by atoms with E-state index in [1.807, 2.05) is 31.7 Å². The molecule has 0 spiro atoms. The molecule has 16 heavy (non-hydrogen) atoms. The van der Waals surface area contributed by atoms with Crippen LogP contribution in [0.1, 0.15) is 11.3 Å². The van der Waals surface area contributed by atoms with Crippen LogP contribution in [0.25, 0.3) is 0 Å². The topological polar surface area (TPSA) is 29.9 Å². The van der Waals surface area contributed by atoms with Gasteiger partial charge in [-0.2, -0.15) is 0 Å². The van der Waals surface area contributed by atoms with Crippen molar-refractivity contribution in [2.45, 2.75) is 13.8 Å². The summed E-state index contributed by atoms with van der Waals surface area (Å²) < 4.78 is 15.0. The molecule has 4 heteroatoms. The Hall–Kier alpha value is -1.84. The summed E-state index contributed by atoms with van der Waals surface area (Å²) in [6.07, 6.45) is 1.91. The minimum absolute atomic E-state index is 0.251. The molecule has 0 amide bonds. The number of anilines is 2. The van der Waals surface area contributed by atoms with E-state index in [-0.39, 0.29) is 5.82 Å². The van der Waals surface area contributed by atoms with Crippen molar-refractivity contribution < 1.29 is 4.39 Å². The van der Waals surface area contributed by atoms with Crippen LogP contribution in [0.3, 0.4) is 0 Å². The van der Waals surface area contributed by atoms with Crippen LogP contribution in [0.2, 0.25) is 0 Å². The molecule has 0 radical (unpaired) electrons. The molecule has 1 heterocycles. The van der Waals surface area contributed by atoms with E-state index in [1.54, 1.807) is 6.07 Å². The maximum atomic E-state index is 13.1. The van der Waals surface area contributed by atoms with E-state index in [0.29, 0.717) is 5.95 Å². The van der Waals surface area contributed by atoms with E-state index in [4.69, 9.17) is 0 Å². The van der Waals surface area contributed by atoms with Crippen LogP contribution in [0, 0.1) is 19.7 Å². The molecular weight excluding hydrogens is 205 g/mol. The summed E-state index contributed by atoms with van der Waals surface area (Å²) >= 11 is 0. The summed E-state index contributed by atoms with van der Waals surface area (Å²) in [6.45, 7) is 3.85. The van der Waals surface area contributed by atoms with Gasteiger partial charge in [0.2, 0.25) is 5.95 Å². The molecule has 1 aromatic heterocycles. The largest absolute Gasteiger partial charge is 0.325 e. The summed E-state index contributed by atoms with van der Waals surface area (Å²) in [4.78, 5) is 4.31. The number of nitrogens with zero attached hydrogens (tertiary/aromatic N) is 2. The average molecular weight is 219 g/mol. The Labute approximate surface area is 93.9 Å². The molecule has 0 aliphatic carbocycles. The number of imidazole rings is 1. The second kappa shape index (κ2) is 3.96. The normalized spacial score (nSPS) is 10.5. The van der Waals surface area contributed by atoms with Gasteiger partial charge in [0.15, 0.2) is 0 Å². The van der Waals surface area contributed by atoms with Gasteiger partial charge in [-0.1, -0.05) is 6.07 Å². The Morgan fingerprint density at radius 1 is 1.31 bits per heavy atom. The SMILES string of the molecule is Cc1cn(C)c(Nc2cc(F)ccc2C)n1. The standard InChI is InChI=1S/C12H14FN3/c1-8-4-5-10(13)6-11(8)15-12-14-9(2)7-16(12)3/h4-7H,1-3H3,(H,14,15). The maximum absolute atomic E-state index is 13.1. The highest BCUT2D eigenvalue weighted by atomic mass is 19.1. The Bertz CT molecular complexity index is 517. The quantitative estimate of drug-likeness (QED) is 0.841. The Morgan fingerprint density at radius 3 is 2.69 bits per heavy atom. The first kappa shape index (κ1) is 10.7. The van der Waals surface area contributed by atoms with Crippen LogP contribution < -0.4 is 5.32 Å². The molecule has 0 saturated carbocycles. The van der Waals surface area contributed by atoms with E-state index >= 15 is 0 Å². The van der Waals surface area contributed by atoms with Gasteiger partial charge in [-0.25, -0.2) is 9.37 Å². The van der Waals surface area contributed by atoms with Crippen molar-refractivity contribution in [3.05, 3.63) is 41.5 Å². The van der Waals surface area contributed by atoms with Gasteiger partial charge in [-0.3, -0.25) is 0 Å². The van der Waals surface area contributed by atoms with Crippen LogP contribution in [0.5, 0.6) is 0 Å². The van der Waals surface area contributed by atoms with Crippen molar-refractivity contribution in [1.82, 2.24) is 9.55 Å². The second-order valence-corrected chi connectivity index (χ2v) is 3.90. The van der Waals surface area contributed by atoms with Crippen molar-refractivity contribution in [2.24, 2.45) is 7.05 Å². The smallest absolute Gasteiger partial charge is 0.207 e. The lowest BCUT2D eigenvalue weighted by Crippen LogP contribution is -2.00. The van der Waals surface area contributed by atoms with Crippen molar-refractivity contribution in [3.8, 4) is 0 Å². The maximum Gasteiger partial charge on any atom is 0.207 e. The van der Waals surface area contributed by atoms with E-state index in [9.17, 15) is 4.39 Å². The molecule has 3 nitrogen and oxygen atoms in total. The molecule has 0 aliphatic rings. The van der Waals surface area contributed by atoms with E-state index in [0.717, 1.165) is 16.9 Å². The Kier molecular flexibility index (Phi) is 2.64. The number of aromatic nitrogens is 2. The minimum Gasteiger partial charge on any atom is -0.325 e. The van der Waals surface area contributed by atoms with Crippen molar-refractivity contribution in [2.75, 3.05) is 5.32 Å². The molecule has 2 rings (SSSR count). The molecule has 84 valence electrons. The third-order valence-corrected chi connectivity index (χ3v) is 2.44. The van der Waals surface area contributed by atoms with Gasteiger partial charge in [-0.05, 0) is 31.5 Å². The first-order valence-corrected chi connectivity index (χ1v) is 5.09. The van der Waals surface area contributed by atoms with Gasteiger partial charge in [0, 0.05) is 18.9 Å². The van der Waals surface area contributed by atoms with Crippen LogP contribution >= 0.6 is 0 Å². The first-order chi connectivity index (χ1) is 7.56. The number of halogens is 1. The molecule has 0 fully saturated rings. The molecule has 2 aromatic rings. The van der Waals surface area contributed by atoms with Gasteiger partial charge in [-0.15, -0.1) is 0 Å². The molecule has 0 bridgehead atoms. The van der Waals surface area contributed by atoms with Crippen molar-refractivity contribution in [1.29, 1.82) is 0 Å². The number of hydrogen-bond donors (Lipinski definition) is 1. The summed E-state index contributed by atoms with van der Waals surface area (Å²) in [5, 5.41) is 3.11. The van der Waals surface area contributed by atoms with Gasteiger partial charge >= 0.3 is 0 Å². The van der Waals surface area contributed by atoms with Crippen LogP contribution in [-0.2, 0) is 7.05 Å².